The summed E-state index contributed by atoms with van der Waals surface area (Å²) in [6, 6.07) is 8.85. The smallest absolute Gasteiger partial charge is 0.193 e. The molecule has 24 heavy (non-hydrogen) atoms. The molecule has 1 atom stereocenters. The van der Waals surface area contributed by atoms with Gasteiger partial charge in [0.25, 0.3) is 0 Å². The van der Waals surface area contributed by atoms with Crippen molar-refractivity contribution in [2.45, 2.75) is 32.6 Å². The summed E-state index contributed by atoms with van der Waals surface area (Å²) in [6.45, 7) is 5.57. The zero-order valence-electron chi connectivity index (χ0n) is 15.6. The molecule has 1 aliphatic rings. The first-order chi connectivity index (χ1) is 11.1. The van der Waals surface area contributed by atoms with Crippen LogP contribution in [-0.2, 0) is 6.42 Å². The lowest BCUT2D eigenvalue weighted by Crippen LogP contribution is -2.46. The first-order valence-electron chi connectivity index (χ1n) is 8.82. The van der Waals surface area contributed by atoms with Crippen LogP contribution in [0.25, 0.3) is 0 Å². The fourth-order valence-electron chi connectivity index (χ4n) is 3.17. The topological polar surface area (TPSA) is 30.9 Å². The van der Waals surface area contributed by atoms with Crippen molar-refractivity contribution in [3.05, 3.63) is 29.8 Å². The van der Waals surface area contributed by atoms with Gasteiger partial charge < -0.3 is 15.1 Å². The molecule has 1 aromatic carbocycles. The van der Waals surface area contributed by atoms with E-state index in [1.807, 2.05) is 7.05 Å². The van der Waals surface area contributed by atoms with E-state index in [0.717, 1.165) is 44.4 Å². The van der Waals surface area contributed by atoms with Gasteiger partial charge in [0.2, 0.25) is 0 Å². The average Bonchev–Trinajstić information content (AvgIpc) is 2.55. The molecule has 0 amide bonds. The van der Waals surface area contributed by atoms with Crippen molar-refractivity contribution in [1.29, 1.82) is 0 Å². The van der Waals surface area contributed by atoms with Crippen LogP contribution in [0, 0.1) is 5.92 Å². The minimum atomic E-state index is 0. The average molecular weight is 444 g/mol. The molecule has 0 spiro atoms. The molecule has 1 fully saturated rings. The molecule has 0 radical (unpaired) electrons. The van der Waals surface area contributed by atoms with E-state index < -0.39 is 0 Å². The Morgan fingerprint density at radius 3 is 2.58 bits per heavy atom. The van der Waals surface area contributed by atoms with Crippen LogP contribution >= 0.6 is 24.0 Å². The molecule has 1 unspecified atom stereocenters. The Morgan fingerprint density at radius 1 is 1.29 bits per heavy atom. The lowest BCUT2D eigenvalue weighted by Gasteiger charge is -2.33. The molecule has 1 aromatic rings. The van der Waals surface area contributed by atoms with E-state index in [4.69, 9.17) is 0 Å². The quantitative estimate of drug-likeness (QED) is 0.326. The van der Waals surface area contributed by atoms with E-state index in [9.17, 15) is 0 Å². The van der Waals surface area contributed by atoms with Gasteiger partial charge >= 0.3 is 0 Å². The molecule has 1 saturated heterocycles. The molecule has 0 bridgehead atoms. The van der Waals surface area contributed by atoms with Crippen molar-refractivity contribution in [3.8, 4) is 0 Å². The normalized spacial score (nSPS) is 18.1. The third-order valence-corrected chi connectivity index (χ3v) is 4.55. The van der Waals surface area contributed by atoms with E-state index in [0.29, 0.717) is 0 Å². The number of nitrogens with one attached hydrogen (secondary N) is 1. The predicted octanol–water partition coefficient (Wildman–Crippen LogP) is 3.61. The molecule has 2 rings (SSSR count). The maximum absolute atomic E-state index is 4.45. The lowest BCUT2D eigenvalue weighted by atomic mass is 10.0. The highest BCUT2D eigenvalue weighted by Gasteiger charge is 2.18. The highest BCUT2D eigenvalue weighted by molar-refractivity contribution is 14.0. The largest absolute Gasteiger partial charge is 0.378 e. The van der Waals surface area contributed by atoms with Crippen LogP contribution < -0.4 is 10.2 Å². The number of guanidine groups is 1. The minimum Gasteiger partial charge on any atom is -0.378 e. The molecule has 5 heteroatoms. The maximum atomic E-state index is 4.45. The molecular formula is C19H33IN4. The van der Waals surface area contributed by atoms with E-state index in [1.165, 1.54) is 24.1 Å². The zero-order valence-corrected chi connectivity index (χ0v) is 17.9. The number of nitrogens with zero attached hydrogens (tertiary/aromatic N) is 3. The number of hydrogen-bond donors (Lipinski definition) is 1. The molecule has 4 nitrogen and oxygen atoms in total. The van der Waals surface area contributed by atoms with Crippen molar-refractivity contribution in [2.24, 2.45) is 10.9 Å². The second kappa shape index (κ2) is 10.8. The number of benzene rings is 1. The number of halogens is 1. The van der Waals surface area contributed by atoms with Gasteiger partial charge in [-0.3, -0.25) is 4.99 Å². The molecule has 1 aliphatic heterocycles. The van der Waals surface area contributed by atoms with Gasteiger partial charge in [0.15, 0.2) is 5.96 Å². The number of hydrogen-bond acceptors (Lipinski definition) is 2. The van der Waals surface area contributed by atoms with Crippen molar-refractivity contribution >= 4 is 35.6 Å². The number of anilines is 1. The summed E-state index contributed by atoms with van der Waals surface area (Å²) >= 11 is 0. The Labute approximate surface area is 164 Å². The fourth-order valence-corrected chi connectivity index (χ4v) is 3.17. The maximum Gasteiger partial charge on any atom is 0.193 e. The molecule has 1 N–H and O–H groups in total. The molecule has 0 aromatic heterocycles. The van der Waals surface area contributed by atoms with Crippen molar-refractivity contribution in [1.82, 2.24) is 10.2 Å². The Kier molecular flexibility index (Phi) is 9.48. The monoisotopic (exact) mass is 444 g/mol. The summed E-state index contributed by atoms with van der Waals surface area (Å²) in [5.74, 6) is 1.84. The van der Waals surface area contributed by atoms with Crippen LogP contribution in [0.2, 0.25) is 0 Å². The Morgan fingerprint density at radius 2 is 2.00 bits per heavy atom. The summed E-state index contributed by atoms with van der Waals surface area (Å²) in [4.78, 5) is 8.98. The molecule has 136 valence electrons. The summed E-state index contributed by atoms with van der Waals surface area (Å²) < 4.78 is 0. The lowest BCUT2D eigenvalue weighted by molar-refractivity contribution is 0.266. The standard InChI is InChI=1S/C19H32N4.HI/c1-16-7-6-14-23(15-16)19(20-2)21-13-5-8-17-9-11-18(12-10-17)22(3)4;/h9-12,16H,5-8,13-15H2,1-4H3,(H,20,21);1H. The third-order valence-electron chi connectivity index (χ3n) is 4.55. The van der Waals surface area contributed by atoms with Crippen molar-refractivity contribution in [3.63, 3.8) is 0 Å². The van der Waals surface area contributed by atoms with Gasteiger partial charge in [-0.05, 0) is 49.3 Å². The van der Waals surface area contributed by atoms with Gasteiger partial charge in [0.05, 0.1) is 0 Å². The zero-order chi connectivity index (χ0) is 16.7. The van der Waals surface area contributed by atoms with Crippen LogP contribution in [0.4, 0.5) is 5.69 Å². The van der Waals surface area contributed by atoms with E-state index in [1.54, 1.807) is 0 Å². The van der Waals surface area contributed by atoms with E-state index >= 15 is 0 Å². The van der Waals surface area contributed by atoms with E-state index in [2.05, 4.69) is 65.4 Å². The Bertz CT molecular complexity index is 499. The molecule has 1 heterocycles. The third kappa shape index (κ3) is 6.49. The van der Waals surface area contributed by atoms with Crippen molar-refractivity contribution < 1.29 is 0 Å². The molecular weight excluding hydrogens is 411 g/mol. The highest BCUT2D eigenvalue weighted by atomic mass is 127. The van der Waals surface area contributed by atoms with Gasteiger partial charge in [0, 0.05) is 46.5 Å². The number of aryl methyl sites for hydroxylation is 1. The van der Waals surface area contributed by atoms with Crippen LogP contribution in [0.3, 0.4) is 0 Å². The number of aliphatic imine (C=N–C) groups is 1. The number of rotatable bonds is 5. The Balaban J connectivity index is 0.00000288. The molecule has 0 saturated carbocycles. The summed E-state index contributed by atoms with van der Waals surface area (Å²) in [5, 5.41) is 3.53. The van der Waals surface area contributed by atoms with Gasteiger partial charge in [0.1, 0.15) is 0 Å². The van der Waals surface area contributed by atoms with Gasteiger partial charge in [-0.2, -0.15) is 0 Å². The second-order valence-corrected chi connectivity index (χ2v) is 6.83. The van der Waals surface area contributed by atoms with Crippen LogP contribution in [0.5, 0.6) is 0 Å². The number of piperidine rings is 1. The number of likely N-dealkylation sites (tertiary alicyclic amines) is 1. The van der Waals surface area contributed by atoms with E-state index in [-0.39, 0.29) is 24.0 Å². The van der Waals surface area contributed by atoms with Gasteiger partial charge in [-0.1, -0.05) is 19.1 Å². The van der Waals surface area contributed by atoms with Crippen LogP contribution in [0.15, 0.2) is 29.3 Å². The first kappa shape index (κ1) is 21.1. The SMILES string of the molecule is CN=C(NCCCc1ccc(N(C)C)cc1)N1CCCC(C)C1.I. The fraction of sp³-hybridized carbons (Fsp3) is 0.632. The van der Waals surface area contributed by atoms with Crippen LogP contribution in [-0.4, -0.2) is 51.6 Å². The first-order valence-corrected chi connectivity index (χ1v) is 8.82. The summed E-state index contributed by atoms with van der Waals surface area (Å²) in [5.41, 5.74) is 2.66. The Hall–Kier alpha value is -0.980. The van der Waals surface area contributed by atoms with Crippen LogP contribution in [0.1, 0.15) is 31.7 Å². The van der Waals surface area contributed by atoms with Gasteiger partial charge in [-0.25, -0.2) is 0 Å². The summed E-state index contributed by atoms with van der Waals surface area (Å²) in [6.07, 6.45) is 4.86. The second-order valence-electron chi connectivity index (χ2n) is 6.83. The molecule has 0 aliphatic carbocycles. The van der Waals surface area contributed by atoms with Crippen molar-refractivity contribution in [2.75, 3.05) is 45.7 Å². The predicted molar refractivity (Wildman–Crippen MR) is 116 cm³/mol. The van der Waals surface area contributed by atoms with Gasteiger partial charge in [-0.15, -0.1) is 24.0 Å². The minimum absolute atomic E-state index is 0. The summed E-state index contributed by atoms with van der Waals surface area (Å²) in [7, 11) is 6.04. The highest BCUT2D eigenvalue weighted by Crippen LogP contribution is 2.15.